The third kappa shape index (κ3) is 5.22. The number of amides is 1. The van der Waals surface area contributed by atoms with Crippen LogP contribution in [-0.2, 0) is 6.54 Å². The second-order valence-corrected chi connectivity index (χ2v) is 8.53. The summed E-state index contributed by atoms with van der Waals surface area (Å²) in [7, 11) is 1.83. The zero-order valence-electron chi connectivity index (χ0n) is 17.3. The van der Waals surface area contributed by atoms with Gasteiger partial charge in [-0.15, -0.1) is 5.10 Å². The Morgan fingerprint density at radius 2 is 1.97 bits per heavy atom. The van der Waals surface area contributed by atoms with Crippen molar-refractivity contribution < 1.29 is 4.79 Å². The van der Waals surface area contributed by atoms with E-state index < -0.39 is 0 Å². The molecule has 0 spiro atoms. The second kappa shape index (κ2) is 9.50. The zero-order valence-corrected chi connectivity index (χ0v) is 17.3. The highest BCUT2D eigenvalue weighted by atomic mass is 16.2. The molecule has 1 aromatic heterocycles. The van der Waals surface area contributed by atoms with E-state index in [4.69, 9.17) is 0 Å². The van der Waals surface area contributed by atoms with Crippen molar-refractivity contribution in [1.29, 1.82) is 0 Å². The number of carbonyl (C=O) groups excluding carboxylic acids is 1. The number of carbonyl (C=O) groups is 1. The lowest BCUT2D eigenvalue weighted by atomic mass is 9.87. The summed E-state index contributed by atoms with van der Waals surface area (Å²) in [5, 5.41) is 8.30. The number of likely N-dealkylation sites (N-methyl/N-ethyl adjacent to an activating group) is 1. The van der Waals surface area contributed by atoms with Crippen LogP contribution >= 0.6 is 0 Å². The van der Waals surface area contributed by atoms with Crippen molar-refractivity contribution in [3.05, 3.63) is 47.8 Å². The minimum absolute atomic E-state index is 0.0705. The molecule has 2 aromatic rings. The van der Waals surface area contributed by atoms with Gasteiger partial charge in [0.15, 0.2) is 5.69 Å². The van der Waals surface area contributed by atoms with E-state index in [0.717, 1.165) is 25.3 Å². The molecule has 0 bridgehead atoms. The molecule has 29 heavy (non-hydrogen) atoms. The van der Waals surface area contributed by atoms with Crippen LogP contribution in [-0.4, -0.2) is 45.4 Å². The lowest BCUT2D eigenvalue weighted by Gasteiger charge is -2.21. The molecule has 1 saturated heterocycles. The van der Waals surface area contributed by atoms with E-state index in [1.165, 1.54) is 37.7 Å². The van der Waals surface area contributed by atoms with E-state index in [1.807, 2.05) is 17.8 Å². The van der Waals surface area contributed by atoms with Gasteiger partial charge in [-0.25, -0.2) is 5.43 Å². The number of aromatic nitrogens is 3. The van der Waals surface area contributed by atoms with Gasteiger partial charge in [0.1, 0.15) is 0 Å². The Morgan fingerprint density at radius 3 is 2.76 bits per heavy atom. The molecule has 1 amide bonds. The average molecular weight is 397 g/mol. The summed E-state index contributed by atoms with van der Waals surface area (Å²) in [5.41, 5.74) is 8.35. The van der Waals surface area contributed by atoms with Crippen LogP contribution in [0.25, 0.3) is 0 Å². The van der Waals surface area contributed by atoms with Crippen molar-refractivity contribution in [2.24, 2.45) is 5.92 Å². The number of benzene rings is 1. The van der Waals surface area contributed by atoms with Crippen molar-refractivity contribution in [2.45, 2.75) is 63.6 Å². The molecule has 2 fully saturated rings. The summed E-state index contributed by atoms with van der Waals surface area (Å²) in [6.07, 6.45) is 10.6. The smallest absolute Gasteiger partial charge is 0.275 e. The highest BCUT2D eigenvalue weighted by Crippen LogP contribution is 2.26. The van der Waals surface area contributed by atoms with Crippen LogP contribution in [0.5, 0.6) is 0 Å². The number of hydrazine groups is 1. The molecule has 2 N–H and O–H groups in total. The summed E-state index contributed by atoms with van der Waals surface area (Å²) in [6.45, 7) is 1.48. The van der Waals surface area contributed by atoms with Gasteiger partial charge in [0.25, 0.3) is 5.91 Å². The van der Waals surface area contributed by atoms with Crippen LogP contribution in [0.3, 0.4) is 0 Å². The second-order valence-electron chi connectivity index (χ2n) is 8.53. The summed E-state index contributed by atoms with van der Waals surface area (Å²) in [6, 6.07) is 10.9. The first kappa shape index (κ1) is 20.0. The van der Waals surface area contributed by atoms with Gasteiger partial charge >= 0.3 is 0 Å². The maximum Gasteiger partial charge on any atom is 0.275 e. The molecular formula is C22H32N6O. The van der Waals surface area contributed by atoms with Crippen molar-refractivity contribution in [3.63, 3.8) is 0 Å². The fourth-order valence-corrected chi connectivity index (χ4v) is 4.55. The standard InChI is InChI=1S/C22H32N6O/c1-27(15-19-14-20(24-23-19)18-10-6-3-7-11-18)22(29)21-16-28(26-25-21)13-12-17-8-4-2-5-9-17/h3,6-7,10-11,16-17,19-20,23-24H,2,4-5,8-9,12-15H2,1H3. The largest absolute Gasteiger partial charge is 0.339 e. The van der Waals surface area contributed by atoms with Gasteiger partial charge in [-0.05, 0) is 24.3 Å². The molecule has 2 heterocycles. The summed E-state index contributed by atoms with van der Waals surface area (Å²) >= 11 is 0. The van der Waals surface area contributed by atoms with Crippen LogP contribution in [0.2, 0.25) is 0 Å². The third-order valence-corrected chi connectivity index (χ3v) is 6.27. The van der Waals surface area contributed by atoms with Gasteiger partial charge in [0.05, 0.1) is 6.20 Å². The highest BCUT2D eigenvalue weighted by molar-refractivity contribution is 5.91. The maximum atomic E-state index is 12.8. The molecule has 1 aromatic carbocycles. The lowest BCUT2D eigenvalue weighted by Crippen LogP contribution is -2.41. The van der Waals surface area contributed by atoms with E-state index in [9.17, 15) is 4.79 Å². The summed E-state index contributed by atoms with van der Waals surface area (Å²) in [4.78, 5) is 14.5. The summed E-state index contributed by atoms with van der Waals surface area (Å²) < 4.78 is 1.83. The van der Waals surface area contributed by atoms with E-state index in [2.05, 4.69) is 45.4 Å². The fourth-order valence-electron chi connectivity index (χ4n) is 4.55. The zero-order chi connectivity index (χ0) is 20.1. The third-order valence-electron chi connectivity index (χ3n) is 6.27. The first-order valence-electron chi connectivity index (χ1n) is 10.9. The molecular weight excluding hydrogens is 364 g/mol. The number of hydrogen-bond donors (Lipinski definition) is 2. The molecule has 0 radical (unpaired) electrons. The topological polar surface area (TPSA) is 75.1 Å². The Hall–Kier alpha value is -2.25. The predicted molar refractivity (Wildman–Crippen MR) is 112 cm³/mol. The van der Waals surface area contributed by atoms with Gasteiger partial charge in [0.2, 0.25) is 0 Å². The molecule has 156 valence electrons. The van der Waals surface area contributed by atoms with E-state index >= 15 is 0 Å². The first-order chi connectivity index (χ1) is 14.2. The monoisotopic (exact) mass is 396 g/mol. The van der Waals surface area contributed by atoms with E-state index in [-0.39, 0.29) is 18.0 Å². The molecule has 7 heteroatoms. The minimum Gasteiger partial charge on any atom is -0.339 e. The SMILES string of the molecule is CN(CC1CC(c2ccccc2)NN1)C(=O)c1cn(CCC2CCCCC2)nn1. The molecule has 1 saturated carbocycles. The predicted octanol–water partition coefficient (Wildman–Crippen LogP) is 2.93. The fraction of sp³-hybridized carbons (Fsp3) is 0.591. The number of aryl methyl sites for hydroxylation is 1. The Balaban J connectivity index is 1.25. The van der Waals surface area contributed by atoms with Gasteiger partial charge in [-0.1, -0.05) is 67.6 Å². The van der Waals surface area contributed by atoms with Crippen molar-refractivity contribution in [1.82, 2.24) is 30.7 Å². The minimum atomic E-state index is -0.0705. The number of rotatable bonds is 7. The van der Waals surface area contributed by atoms with Crippen LogP contribution in [0.15, 0.2) is 36.5 Å². The van der Waals surface area contributed by atoms with Crippen molar-refractivity contribution >= 4 is 5.91 Å². The molecule has 7 nitrogen and oxygen atoms in total. The van der Waals surface area contributed by atoms with Crippen LogP contribution in [0.1, 0.15) is 67.0 Å². The number of nitrogens with one attached hydrogen (secondary N) is 2. The quantitative estimate of drug-likeness (QED) is 0.753. The Kier molecular flexibility index (Phi) is 6.56. The Bertz CT molecular complexity index is 786. The molecule has 1 aliphatic carbocycles. The van der Waals surface area contributed by atoms with Gasteiger partial charge in [0, 0.05) is 32.2 Å². The summed E-state index contributed by atoms with van der Waals surface area (Å²) in [5.74, 6) is 0.729. The Labute approximate surface area is 172 Å². The molecule has 2 aliphatic rings. The molecule has 1 aliphatic heterocycles. The molecule has 4 rings (SSSR count). The molecule has 2 atom stereocenters. The number of hydrogen-bond acceptors (Lipinski definition) is 5. The van der Waals surface area contributed by atoms with Gasteiger partial charge in [-0.3, -0.25) is 14.9 Å². The first-order valence-corrected chi connectivity index (χ1v) is 10.9. The van der Waals surface area contributed by atoms with Crippen molar-refractivity contribution in [2.75, 3.05) is 13.6 Å². The molecule has 2 unspecified atom stereocenters. The highest BCUT2D eigenvalue weighted by Gasteiger charge is 2.27. The average Bonchev–Trinajstić information content (AvgIpc) is 3.43. The maximum absolute atomic E-state index is 12.8. The van der Waals surface area contributed by atoms with E-state index in [1.54, 1.807) is 11.1 Å². The van der Waals surface area contributed by atoms with Crippen LogP contribution in [0, 0.1) is 5.92 Å². The van der Waals surface area contributed by atoms with Gasteiger partial charge in [-0.2, -0.15) is 0 Å². The van der Waals surface area contributed by atoms with Crippen LogP contribution < -0.4 is 10.9 Å². The van der Waals surface area contributed by atoms with E-state index in [0.29, 0.717) is 12.2 Å². The van der Waals surface area contributed by atoms with Crippen molar-refractivity contribution in [3.8, 4) is 0 Å². The Morgan fingerprint density at radius 1 is 1.17 bits per heavy atom. The lowest BCUT2D eigenvalue weighted by molar-refractivity contribution is 0.0777. The van der Waals surface area contributed by atoms with Crippen LogP contribution in [0.4, 0.5) is 0 Å². The number of nitrogens with zero attached hydrogens (tertiary/aromatic N) is 4. The van der Waals surface area contributed by atoms with Gasteiger partial charge < -0.3 is 4.90 Å². The normalized spacial score (nSPS) is 22.7.